The zero-order chi connectivity index (χ0) is 18.6. The highest BCUT2D eigenvalue weighted by atomic mass is 35.5. The summed E-state index contributed by atoms with van der Waals surface area (Å²) in [5.41, 5.74) is 2.14. The van der Waals surface area contributed by atoms with Gasteiger partial charge in [-0.1, -0.05) is 72.3 Å². The molecule has 0 N–H and O–H groups in total. The molecule has 0 unspecified atom stereocenters. The predicted molar refractivity (Wildman–Crippen MR) is 109 cm³/mol. The molecular formula is C20H13ClN4OS. The topological polar surface area (TPSA) is 59.1 Å². The molecule has 0 aliphatic rings. The minimum absolute atomic E-state index is 0.195. The lowest BCUT2D eigenvalue weighted by Crippen LogP contribution is -2.15. The number of ketones is 1. The second kappa shape index (κ2) is 7.65. The quantitative estimate of drug-likeness (QED) is 0.279. The Morgan fingerprint density at radius 2 is 1.70 bits per heavy atom. The van der Waals surface area contributed by atoms with Crippen molar-refractivity contribution in [2.24, 2.45) is 10.2 Å². The summed E-state index contributed by atoms with van der Waals surface area (Å²) < 4.78 is 1.83. The summed E-state index contributed by atoms with van der Waals surface area (Å²) in [6.45, 7) is 0. The summed E-state index contributed by atoms with van der Waals surface area (Å²) in [5.74, 6) is -0.195. The summed E-state index contributed by atoms with van der Waals surface area (Å²) >= 11 is 7.64. The first-order valence-corrected chi connectivity index (χ1v) is 9.37. The number of halogens is 1. The van der Waals surface area contributed by atoms with Gasteiger partial charge in [-0.3, -0.25) is 9.20 Å². The number of carbonyl (C=O) groups excluding carboxylic acids is 1. The zero-order valence-electron chi connectivity index (χ0n) is 14.0. The highest BCUT2D eigenvalue weighted by molar-refractivity contribution is 7.15. The molecule has 0 saturated carbocycles. The molecule has 0 bridgehead atoms. The van der Waals surface area contributed by atoms with E-state index in [2.05, 4.69) is 15.2 Å². The van der Waals surface area contributed by atoms with Crippen LogP contribution in [0.2, 0.25) is 5.15 Å². The predicted octanol–water partition coefficient (Wildman–Crippen LogP) is 4.76. The van der Waals surface area contributed by atoms with Gasteiger partial charge in [-0.25, -0.2) is 4.98 Å². The third-order valence-electron chi connectivity index (χ3n) is 3.89. The van der Waals surface area contributed by atoms with E-state index in [-0.39, 0.29) is 11.5 Å². The van der Waals surface area contributed by atoms with Crippen molar-refractivity contribution >= 4 is 45.6 Å². The maximum absolute atomic E-state index is 12.9. The summed E-state index contributed by atoms with van der Waals surface area (Å²) in [6, 6.07) is 18.3. The van der Waals surface area contributed by atoms with Gasteiger partial charge in [0.1, 0.15) is 11.4 Å². The molecule has 2 aromatic heterocycles. The first-order valence-electron chi connectivity index (χ1n) is 8.11. The number of nitrogens with zero attached hydrogens (tertiary/aromatic N) is 4. The molecule has 2 aromatic carbocycles. The number of hydrogen-bond acceptors (Lipinski definition) is 5. The average molecular weight is 393 g/mol. The van der Waals surface area contributed by atoms with Gasteiger partial charge in [0, 0.05) is 22.7 Å². The molecule has 4 rings (SSSR count). The molecule has 0 aliphatic carbocycles. The number of benzene rings is 2. The van der Waals surface area contributed by atoms with Crippen LogP contribution in [-0.2, 0) is 0 Å². The van der Waals surface area contributed by atoms with Gasteiger partial charge in [0.05, 0.1) is 6.21 Å². The molecule has 0 saturated heterocycles. The van der Waals surface area contributed by atoms with Gasteiger partial charge in [0.15, 0.2) is 10.1 Å². The van der Waals surface area contributed by atoms with Gasteiger partial charge in [-0.05, 0) is 0 Å². The van der Waals surface area contributed by atoms with Crippen molar-refractivity contribution in [3.8, 4) is 0 Å². The number of fused-ring (bicyclic) bond motifs is 1. The third kappa shape index (κ3) is 3.58. The molecule has 0 aliphatic heterocycles. The van der Waals surface area contributed by atoms with E-state index in [4.69, 9.17) is 11.6 Å². The summed E-state index contributed by atoms with van der Waals surface area (Å²) in [5, 5.41) is 10.6. The van der Waals surface area contributed by atoms with Gasteiger partial charge < -0.3 is 0 Å². The fourth-order valence-electron chi connectivity index (χ4n) is 2.59. The SMILES string of the molecule is O=C(/C(=N/N=C/c1c(Cl)nc2sccn12)c1ccccc1)c1ccccc1. The van der Waals surface area contributed by atoms with E-state index in [0.717, 1.165) is 4.96 Å². The normalized spacial score (nSPS) is 12.1. The van der Waals surface area contributed by atoms with Crippen molar-refractivity contribution in [2.45, 2.75) is 0 Å². The van der Waals surface area contributed by atoms with E-state index < -0.39 is 0 Å². The van der Waals surface area contributed by atoms with Crippen LogP contribution in [0.15, 0.2) is 82.4 Å². The number of Topliss-reactive ketones (excluding diaryl/α,β-unsaturated/α-hetero) is 1. The Bertz CT molecular complexity index is 1150. The number of aromatic nitrogens is 2. The van der Waals surface area contributed by atoms with E-state index in [1.54, 1.807) is 12.1 Å². The Morgan fingerprint density at radius 1 is 1.04 bits per heavy atom. The molecular weight excluding hydrogens is 380 g/mol. The highest BCUT2D eigenvalue weighted by Gasteiger charge is 2.16. The summed E-state index contributed by atoms with van der Waals surface area (Å²) in [4.78, 5) is 18.0. The number of rotatable bonds is 5. The molecule has 7 heteroatoms. The smallest absolute Gasteiger partial charge is 0.213 e. The van der Waals surface area contributed by atoms with Crippen LogP contribution in [0.4, 0.5) is 0 Å². The maximum Gasteiger partial charge on any atom is 0.213 e. The van der Waals surface area contributed by atoms with E-state index in [9.17, 15) is 4.79 Å². The average Bonchev–Trinajstić information content (AvgIpc) is 3.27. The largest absolute Gasteiger partial charge is 0.288 e. The minimum Gasteiger partial charge on any atom is -0.288 e. The second-order valence-electron chi connectivity index (χ2n) is 5.60. The fraction of sp³-hybridized carbons (Fsp3) is 0. The molecule has 2 heterocycles. The van der Waals surface area contributed by atoms with E-state index in [1.807, 2.05) is 64.5 Å². The van der Waals surface area contributed by atoms with Crippen molar-refractivity contribution < 1.29 is 4.79 Å². The number of imidazole rings is 1. The molecule has 132 valence electrons. The molecule has 0 atom stereocenters. The van der Waals surface area contributed by atoms with Crippen molar-refractivity contribution in [1.82, 2.24) is 9.38 Å². The molecule has 0 spiro atoms. The monoisotopic (exact) mass is 392 g/mol. The molecule has 0 fully saturated rings. The van der Waals surface area contributed by atoms with Gasteiger partial charge in [-0.15, -0.1) is 16.4 Å². The lowest BCUT2D eigenvalue weighted by molar-refractivity contribution is 0.106. The van der Waals surface area contributed by atoms with Crippen LogP contribution in [-0.4, -0.2) is 27.1 Å². The van der Waals surface area contributed by atoms with Crippen LogP contribution in [0.3, 0.4) is 0 Å². The van der Waals surface area contributed by atoms with Crippen LogP contribution in [0.5, 0.6) is 0 Å². The Hall–Kier alpha value is -3.09. The van der Waals surface area contributed by atoms with Gasteiger partial charge >= 0.3 is 0 Å². The van der Waals surface area contributed by atoms with Crippen molar-refractivity contribution in [3.63, 3.8) is 0 Å². The molecule has 5 nitrogen and oxygen atoms in total. The Labute approximate surface area is 164 Å². The van der Waals surface area contributed by atoms with Crippen LogP contribution in [0.25, 0.3) is 4.96 Å². The van der Waals surface area contributed by atoms with Crippen LogP contribution in [0, 0.1) is 0 Å². The number of carbonyl (C=O) groups is 1. The minimum atomic E-state index is -0.195. The highest BCUT2D eigenvalue weighted by Crippen LogP contribution is 2.19. The third-order valence-corrected chi connectivity index (χ3v) is 4.92. The van der Waals surface area contributed by atoms with Crippen molar-refractivity contribution in [2.75, 3.05) is 0 Å². The number of hydrogen-bond donors (Lipinski definition) is 0. The number of thiazole rings is 1. The fourth-order valence-corrected chi connectivity index (χ4v) is 3.58. The second-order valence-corrected chi connectivity index (χ2v) is 6.83. The van der Waals surface area contributed by atoms with Crippen molar-refractivity contribution in [3.05, 3.63) is 94.2 Å². The Kier molecular flexibility index (Phi) is 4.91. The van der Waals surface area contributed by atoms with Gasteiger partial charge in [0.2, 0.25) is 5.78 Å². The van der Waals surface area contributed by atoms with Gasteiger partial charge in [-0.2, -0.15) is 5.10 Å². The summed E-state index contributed by atoms with van der Waals surface area (Å²) in [6.07, 6.45) is 3.37. The van der Waals surface area contributed by atoms with Crippen LogP contribution < -0.4 is 0 Å². The molecule has 0 amide bonds. The van der Waals surface area contributed by atoms with E-state index >= 15 is 0 Å². The van der Waals surface area contributed by atoms with Crippen LogP contribution in [0.1, 0.15) is 21.6 Å². The summed E-state index contributed by atoms with van der Waals surface area (Å²) in [7, 11) is 0. The molecule has 0 radical (unpaired) electrons. The Morgan fingerprint density at radius 3 is 2.41 bits per heavy atom. The first-order chi connectivity index (χ1) is 13.2. The van der Waals surface area contributed by atoms with E-state index in [0.29, 0.717) is 22.0 Å². The lowest BCUT2D eigenvalue weighted by Gasteiger charge is -2.04. The van der Waals surface area contributed by atoms with Crippen LogP contribution >= 0.6 is 22.9 Å². The van der Waals surface area contributed by atoms with Crippen molar-refractivity contribution in [1.29, 1.82) is 0 Å². The maximum atomic E-state index is 12.9. The molecule has 27 heavy (non-hydrogen) atoms. The van der Waals surface area contributed by atoms with Gasteiger partial charge in [0.25, 0.3) is 0 Å². The standard InChI is InChI=1S/C20H13ClN4OS/c21-19-16(25-11-12-27-20(25)23-19)13-22-24-17(14-7-3-1-4-8-14)18(26)15-9-5-2-6-10-15/h1-13H/b22-13+,24-17+. The molecule has 4 aromatic rings. The zero-order valence-corrected chi connectivity index (χ0v) is 15.6. The van der Waals surface area contributed by atoms with E-state index in [1.165, 1.54) is 17.6 Å². The first kappa shape index (κ1) is 17.3. The Balaban J connectivity index is 1.73. The lowest BCUT2D eigenvalue weighted by atomic mass is 10.0.